The number of carbonyl (C=O) groups is 3. The number of ether oxygens (including phenoxy) is 1. The molecule has 0 spiro atoms. The first-order valence-corrected chi connectivity index (χ1v) is 8.66. The van der Waals surface area contributed by atoms with Crippen molar-refractivity contribution < 1.29 is 19.1 Å². The molecular formula is C20H19N3O4S. The average Bonchev–Trinajstić information content (AvgIpc) is 2.71. The van der Waals surface area contributed by atoms with E-state index in [9.17, 15) is 14.4 Å². The summed E-state index contributed by atoms with van der Waals surface area (Å²) in [7, 11) is 1.26. The van der Waals surface area contributed by atoms with Crippen molar-refractivity contribution in [3.63, 3.8) is 0 Å². The molecule has 0 atom stereocenters. The number of benzene rings is 2. The molecule has 0 saturated heterocycles. The molecule has 0 aromatic heterocycles. The number of anilines is 1. The van der Waals surface area contributed by atoms with E-state index in [0.29, 0.717) is 17.8 Å². The zero-order chi connectivity index (χ0) is 20.5. The lowest BCUT2D eigenvalue weighted by atomic mass is 10.1. The van der Waals surface area contributed by atoms with E-state index in [-0.39, 0.29) is 22.1 Å². The molecule has 7 nitrogen and oxygen atoms in total. The molecule has 2 rings (SSSR count). The van der Waals surface area contributed by atoms with Gasteiger partial charge in [0.1, 0.15) is 0 Å². The molecule has 0 bridgehead atoms. The number of hydrogen-bond acceptors (Lipinski definition) is 5. The standard InChI is InChI=1S/C20H19N3O4S/c1-3-11-21-18(25)15-9-4-5-10-16(15)22-20(28)23-17(24)13-7-6-8-14(12-13)19(26)27-2/h3-10,12H,1,11H2,2H3,(H,21,25)(H2,22,23,24,28). The molecule has 0 aliphatic heterocycles. The molecule has 2 aromatic rings. The first-order valence-electron chi connectivity index (χ1n) is 8.25. The van der Waals surface area contributed by atoms with E-state index < -0.39 is 11.9 Å². The quantitative estimate of drug-likeness (QED) is 0.394. The van der Waals surface area contributed by atoms with Crippen molar-refractivity contribution >= 4 is 40.8 Å². The zero-order valence-electron chi connectivity index (χ0n) is 15.2. The van der Waals surface area contributed by atoms with Crippen LogP contribution in [-0.4, -0.2) is 36.6 Å². The van der Waals surface area contributed by atoms with E-state index in [1.807, 2.05) is 0 Å². The molecule has 0 aliphatic carbocycles. The van der Waals surface area contributed by atoms with Crippen molar-refractivity contribution in [1.29, 1.82) is 0 Å². The molecule has 0 aliphatic rings. The maximum absolute atomic E-state index is 12.4. The van der Waals surface area contributed by atoms with E-state index in [0.717, 1.165) is 0 Å². The van der Waals surface area contributed by atoms with Gasteiger partial charge in [-0.05, 0) is 42.5 Å². The van der Waals surface area contributed by atoms with Crippen molar-refractivity contribution in [3.05, 3.63) is 77.9 Å². The van der Waals surface area contributed by atoms with E-state index in [2.05, 4.69) is 27.3 Å². The van der Waals surface area contributed by atoms with E-state index >= 15 is 0 Å². The summed E-state index contributed by atoms with van der Waals surface area (Å²) in [5.74, 6) is -1.35. The van der Waals surface area contributed by atoms with Crippen LogP contribution in [0.5, 0.6) is 0 Å². The fourth-order valence-electron chi connectivity index (χ4n) is 2.28. The Kier molecular flexibility index (Phi) is 7.41. The van der Waals surface area contributed by atoms with Gasteiger partial charge in [0.2, 0.25) is 0 Å². The minimum absolute atomic E-state index is 0.0115. The maximum Gasteiger partial charge on any atom is 0.337 e. The van der Waals surface area contributed by atoms with Gasteiger partial charge in [-0.15, -0.1) is 6.58 Å². The van der Waals surface area contributed by atoms with Gasteiger partial charge in [-0.1, -0.05) is 24.3 Å². The minimum Gasteiger partial charge on any atom is -0.465 e. The summed E-state index contributed by atoms with van der Waals surface area (Å²) in [4.78, 5) is 36.2. The van der Waals surface area contributed by atoms with Crippen LogP contribution in [0.1, 0.15) is 31.1 Å². The molecule has 2 amide bonds. The Hall–Kier alpha value is -3.52. The lowest BCUT2D eigenvalue weighted by molar-refractivity contribution is 0.0600. The highest BCUT2D eigenvalue weighted by Crippen LogP contribution is 2.15. The fraction of sp³-hybridized carbons (Fsp3) is 0.100. The van der Waals surface area contributed by atoms with Crippen molar-refractivity contribution in [2.24, 2.45) is 0 Å². The van der Waals surface area contributed by atoms with E-state index in [1.54, 1.807) is 42.5 Å². The molecule has 8 heteroatoms. The van der Waals surface area contributed by atoms with Crippen molar-refractivity contribution in [2.75, 3.05) is 19.0 Å². The Morgan fingerprint density at radius 3 is 2.50 bits per heavy atom. The summed E-state index contributed by atoms with van der Waals surface area (Å²) >= 11 is 5.17. The summed E-state index contributed by atoms with van der Waals surface area (Å²) in [6.45, 7) is 3.88. The monoisotopic (exact) mass is 397 g/mol. The third-order valence-electron chi connectivity index (χ3n) is 3.60. The molecule has 0 unspecified atom stereocenters. The van der Waals surface area contributed by atoms with Gasteiger partial charge in [0.15, 0.2) is 5.11 Å². The second-order valence-electron chi connectivity index (χ2n) is 5.52. The SMILES string of the molecule is C=CCNC(=O)c1ccccc1NC(=S)NC(=O)c1cccc(C(=O)OC)c1. The topological polar surface area (TPSA) is 96.5 Å². The summed E-state index contributed by atoms with van der Waals surface area (Å²) < 4.78 is 4.64. The number of nitrogens with one attached hydrogen (secondary N) is 3. The van der Waals surface area contributed by atoms with Crippen LogP contribution < -0.4 is 16.0 Å². The average molecular weight is 397 g/mol. The smallest absolute Gasteiger partial charge is 0.337 e. The predicted octanol–water partition coefficient (Wildman–Crippen LogP) is 2.52. The van der Waals surface area contributed by atoms with Crippen LogP contribution in [0.25, 0.3) is 0 Å². The zero-order valence-corrected chi connectivity index (χ0v) is 16.0. The van der Waals surface area contributed by atoms with Gasteiger partial charge < -0.3 is 15.4 Å². The Balaban J connectivity index is 2.09. The number of amides is 2. The van der Waals surface area contributed by atoms with Gasteiger partial charge in [-0.3, -0.25) is 14.9 Å². The maximum atomic E-state index is 12.4. The number of methoxy groups -OCH3 is 1. The Bertz CT molecular complexity index is 927. The summed E-state index contributed by atoms with van der Waals surface area (Å²) in [6.07, 6.45) is 1.57. The lowest BCUT2D eigenvalue weighted by Gasteiger charge is -2.13. The molecule has 144 valence electrons. The second-order valence-corrected chi connectivity index (χ2v) is 5.93. The Morgan fingerprint density at radius 2 is 1.79 bits per heavy atom. The Morgan fingerprint density at radius 1 is 1.07 bits per heavy atom. The van der Waals surface area contributed by atoms with Gasteiger partial charge in [0.05, 0.1) is 23.9 Å². The highest BCUT2D eigenvalue weighted by atomic mass is 32.1. The van der Waals surface area contributed by atoms with Gasteiger partial charge in [0.25, 0.3) is 11.8 Å². The number of carbonyl (C=O) groups excluding carboxylic acids is 3. The van der Waals surface area contributed by atoms with Gasteiger partial charge >= 0.3 is 5.97 Å². The molecule has 2 aromatic carbocycles. The van der Waals surface area contributed by atoms with E-state index in [1.165, 1.54) is 19.2 Å². The van der Waals surface area contributed by atoms with Gasteiger partial charge in [0, 0.05) is 12.1 Å². The number of hydrogen-bond donors (Lipinski definition) is 3. The highest BCUT2D eigenvalue weighted by Gasteiger charge is 2.14. The third kappa shape index (κ3) is 5.49. The third-order valence-corrected chi connectivity index (χ3v) is 3.80. The van der Waals surface area contributed by atoms with Crippen LogP contribution in [0.15, 0.2) is 61.2 Å². The Labute approximate surface area is 167 Å². The van der Waals surface area contributed by atoms with Crippen LogP contribution >= 0.6 is 12.2 Å². The summed E-state index contributed by atoms with van der Waals surface area (Å²) in [6, 6.07) is 12.8. The number of esters is 1. The summed E-state index contributed by atoms with van der Waals surface area (Å²) in [5.41, 5.74) is 1.30. The second kappa shape index (κ2) is 9.98. The van der Waals surface area contributed by atoms with Crippen molar-refractivity contribution in [3.8, 4) is 0 Å². The highest BCUT2D eigenvalue weighted by molar-refractivity contribution is 7.80. The molecule has 28 heavy (non-hydrogen) atoms. The first-order chi connectivity index (χ1) is 13.5. The molecule has 0 radical (unpaired) electrons. The van der Waals surface area contributed by atoms with Crippen molar-refractivity contribution in [1.82, 2.24) is 10.6 Å². The van der Waals surface area contributed by atoms with Crippen LogP contribution in [-0.2, 0) is 4.74 Å². The molecule has 0 saturated carbocycles. The normalized spacial score (nSPS) is 9.75. The number of rotatable bonds is 6. The number of para-hydroxylation sites is 1. The molecular weight excluding hydrogens is 378 g/mol. The van der Waals surface area contributed by atoms with Gasteiger partial charge in [-0.25, -0.2) is 4.79 Å². The number of thiocarbonyl (C=S) groups is 1. The van der Waals surface area contributed by atoms with Crippen LogP contribution in [0, 0.1) is 0 Å². The lowest BCUT2D eigenvalue weighted by Crippen LogP contribution is -2.35. The minimum atomic E-state index is -0.546. The largest absolute Gasteiger partial charge is 0.465 e. The first kappa shape index (κ1) is 20.8. The van der Waals surface area contributed by atoms with Gasteiger partial charge in [-0.2, -0.15) is 0 Å². The summed E-state index contributed by atoms with van der Waals surface area (Å²) in [5, 5.41) is 8.05. The van der Waals surface area contributed by atoms with E-state index in [4.69, 9.17) is 12.2 Å². The van der Waals surface area contributed by atoms with Crippen LogP contribution in [0.4, 0.5) is 5.69 Å². The predicted molar refractivity (Wildman–Crippen MR) is 110 cm³/mol. The fourth-order valence-corrected chi connectivity index (χ4v) is 2.49. The van der Waals surface area contributed by atoms with Crippen LogP contribution in [0.2, 0.25) is 0 Å². The molecule has 0 heterocycles. The molecule has 3 N–H and O–H groups in total. The van der Waals surface area contributed by atoms with Crippen molar-refractivity contribution in [2.45, 2.75) is 0 Å². The van der Waals surface area contributed by atoms with Crippen LogP contribution in [0.3, 0.4) is 0 Å². The molecule has 0 fully saturated rings.